The smallest absolute Gasteiger partial charge is 0.270 e. The minimum absolute atomic E-state index is 0.135. The van der Waals surface area contributed by atoms with Crippen molar-refractivity contribution in [3.05, 3.63) is 64.2 Å². The fourth-order valence-corrected chi connectivity index (χ4v) is 3.59. The van der Waals surface area contributed by atoms with Gasteiger partial charge in [0.1, 0.15) is 5.75 Å². The summed E-state index contributed by atoms with van der Waals surface area (Å²) < 4.78 is 32.7. The van der Waals surface area contributed by atoms with Crippen LogP contribution in [0.1, 0.15) is 24.9 Å². The number of nitro benzene ring substituents is 1. The number of hydrogen-bond acceptors (Lipinski definition) is 5. The molecule has 0 fully saturated rings. The fourth-order valence-electron chi connectivity index (χ4n) is 2.24. The predicted molar refractivity (Wildman–Crippen MR) is 89.4 cm³/mol. The highest BCUT2D eigenvalue weighted by Crippen LogP contribution is 2.24. The average Bonchev–Trinajstić information content (AvgIpc) is 2.60. The Labute approximate surface area is 140 Å². The number of nitrogens with zero attached hydrogens (tertiary/aromatic N) is 1. The van der Waals surface area contributed by atoms with Gasteiger partial charge in [0.2, 0.25) is 10.0 Å². The van der Waals surface area contributed by atoms with Crippen molar-refractivity contribution >= 4 is 15.7 Å². The molecule has 0 saturated heterocycles. The van der Waals surface area contributed by atoms with Crippen LogP contribution >= 0.6 is 0 Å². The van der Waals surface area contributed by atoms with E-state index in [2.05, 4.69) is 4.72 Å². The fraction of sp³-hybridized carbons (Fsp3) is 0.250. The molecule has 0 aliphatic rings. The van der Waals surface area contributed by atoms with Gasteiger partial charge < -0.3 is 4.74 Å². The predicted octanol–water partition coefficient (Wildman–Crippen LogP) is 3.03. The highest BCUT2D eigenvalue weighted by Gasteiger charge is 2.22. The van der Waals surface area contributed by atoms with E-state index < -0.39 is 21.0 Å². The molecular weight excluding hydrogens is 332 g/mol. The summed E-state index contributed by atoms with van der Waals surface area (Å²) in [5.41, 5.74) is 0.516. The summed E-state index contributed by atoms with van der Waals surface area (Å²) >= 11 is 0. The molecular formula is C16H18N2O5S. The van der Waals surface area contributed by atoms with Crippen LogP contribution in [0.15, 0.2) is 53.4 Å². The van der Waals surface area contributed by atoms with Gasteiger partial charge in [0, 0.05) is 18.2 Å². The van der Waals surface area contributed by atoms with Gasteiger partial charge in [-0.05, 0) is 30.2 Å². The number of non-ortho nitro benzene ring substituents is 1. The molecule has 1 atom stereocenters. The molecule has 0 heterocycles. The van der Waals surface area contributed by atoms with Crippen LogP contribution in [-0.2, 0) is 10.0 Å². The van der Waals surface area contributed by atoms with Gasteiger partial charge >= 0.3 is 0 Å². The number of sulfonamides is 1. The minimum atomic E-state index is -3.88. The second-order valence-corrected chi connectivity index (χ2v) is 6.82. The van der Waals surface area contributed by atoms with Crippen molar-refractivity contribution in [1.82, 2.24) is 4.72 Å². The lowest BCUT2D eigenvalue weighted by molar-refractivity contribution is -0.385. The maximum atomic E-state index is 12.5. The SMILES string of the molecule is CC[C@H](NS(=O)(=O)c1cccc([N+](=O)[O-])c1)c1ccc(OC)cc1. The number of hydrogen-bond donors (Lipinski definition) is 1. The zero-order valence-electron chi connectivity index (χ0n) is 13.3. The van der Waals surface area contributed by atoms with Crippen LogP contribution in [-0.4, -0.2) is 20.5 Å². The lowest BCUT2D eigenvalue weighted by atomic mass is 10.1. The minimum Gasteiger partial charge on any atom is -0.497 e. The molecule has 0 spiro atoms. The Hall–Kier alpha value is -2.45. The summed E-state index contributed by atoms with van der Waals surface area (Å²) in [6.07, 6.45) is 0.528. The molecule has 24 heavy (non-hydrogen) atoms. The molecule has 8 heteroatoms. The van der Waals surface area contributed by atoms with Gasteiger partial charge in [0.05, 0.1) is 16.9 Å². The number of ether oxygens (including phenoxy) is 1. The molecule has 0 saturated carbocycles. The Balaban J connectivity index is 2.28. The highest BCUT2D eigenvalue weighted by molar-refractivity contribution is 7.89. The number of benzene rings is 2. The topological polar surface area (TPSA) is 98.5 Å². The summed E-state index contributed by atoms with van der Waals surface area (Å²) in [5.74, 6) is 0.676. The lowest BCUT2D eigenvalue weighted by Crippen LogP contribution is -2.28. The van der Waals surface area contributed by atoms with Gasteiger partial charge in [0.15, 0.2) is 0 Å². The number of nitrogens with one attached hydrogen (secondary N) is 1. The zero-order valence-corrected chi connectivity index (χ0v) is 14.1. The van der Waals surface area contributed by atoms with Crippen LogP contribution in [0.2, 0.25) is 0 Å². The Morgan fingerprint density at radius 2 is 1.88 bits per heavy atom. The van der Waals surface area contributed by atoms with E-state index in [-0.39, 0.29) is 10.6 Å². The van der Waals surface area contributed by atoms with Crippen molar-refractivity contribution in [3.8, 4) is 5.75 Å². The summed E-state index contributed by atoms with van der Waals surface area (Å²) in [4.78, 5) is 10.1. The molecule has 0 aliphatic carbocycles. The van der Waals surface area contributed by atoms with Crippen molar-refractivity contribution in [2.24, 2.45) is 0 Å². The van der Waals surface area contributed by atoms with Gasteiger partial charge in [-0.2, -0.15) is 0 Å². The Morgan fingerprint density at radius 1 is 1.21 bits per heavy atom. The normalized spacial score (nSPS) is 12.6. The molecule has 0 aliphatic heterocycles. The first-order valence-electron chi connectivity index (χ1n) is 7.28. The van der Waals surface area contributed by atoms with E-state index in [4.69, 9.17) is 4.74 Å². The largest absolute Gasteiger partial charge is 0.497 e. The first-order chi connectivity index (χ1) is 11.4. The van der Waals surface area contributed by atoms with E-state index in [9.17, 15) is 18.5 Å². The molecule has 1 N–H and O–H groups in total. The summed E-state index contributed by atoms with van der Waals surface area (Å²) in [5, 5.41) is 10.8. The maximum Gasteiger partial charge on any atom is 0.270 e. The molecule has 2 aromatic carbocycles. The molecule has 0 amide bonds. The van der Waals surface area contributed by atoms with Crippen molar-refractivity contribution < 1.29 is 18.1 Å². The second-order valence-electron chi connectivity index (χ2n) is 5.11. The van der Waals surface area contributed by atoms with Crippen molar-refractivity contribution in [2.45, 2.75) is 24.3 Å². The van der Waals surface area contributed by atoms with Gasteiger partial charge in [0.25, 0.3) is 5.69 Å². The molecule has 0 radical (unpaired) electrons. The van der Waals surface area contributed by atoms with E-state index in [0.717, 1.165) is 11.6 Å². The van der Waals surface area contributed by atoms with Crippen LogP contribution in [0.4, 0.5) is 5.69 Å². The third-order valence-electron chi connectivity index (χ3n) is 3.56. The Morgan fingerprint density at radius 3 is 2.42 bits per heavy atom. The average molecular weight is 350 g/mol. The third-order valence-corrected chi connectivity index (χ3v) is 5.03. The summed E-state index contributed by atoms with van der Waals surface area (Å²) in [6.45, 7) is 1.85. The first kappa shape index (κ1) is 17.9. The third kappa shape index (κ3) is 4.09. The zero-order chi connectivity index (χ0) is 17.7. The lowest BCUT2D eigenvalue weighted by Gasteiger charge is -2.18. The molecule has 2 rings (SSSR count). The highest BCUT2D eigenvalue weighted by atomic mass is 32.2. The monoisotopic (exact) mass is 350 g/mol. The van der Waals surface area contributed by atoms with E-state index in [0.29, 0.717) is 12.2 Å². The van der Waals surface area contributed by atoms with Crippen LogP contribution in [0, 0.1) is 10.1 Å². The number of nitro groups is 1. The molecule has 2 aromatic rings. The standard InChI is InChI=1S/C16H18N2O5S/c1-3-16(12-7-9-14(23-2)10-8-12)17-24(21,22)15-6-4-5-13(11-15)18(19)20/h4-11,16-17H,3H2,1-2H3/t16-/m0/s1. The van der Waals surface area contributed by atoms with Crippen LogP contribution < -0.4 is 9.46 Å². The Bertz CT molecular complexity index is 819. The van der Waals surface area contributed by atoms with Crippen molar-refractivity contribution in [3.63, 3.8) is 0 Å². The van der Waals surface area contributed by atoms with Gasteiger partial charge in [-0.25, -0.2) is 13.1 Å². The number of methoxy groups -OCH3 is 1. The van der Waals surface area contributed by atoms with Crippen LogP contribution in [0.25, 0.3) is 0 Å². The quantitative estimate of drug-likeness (QED) is 0.611. The van der Waals surface area contributed by atoms with Gasteiger partial charge in [-0.1, -0.05) is 25.1 Å². The molecule has 0 bridgehead atoms. The summed E-state index contributed by atoms with van der Waals surface area (Å²) in [6, 6.07) is 11.6. The first-order valence-corrected chi connectivity index (χ1v) is 8.76. The molecule has 0 aromatic heterocycles. The van der Waals surface area contributed by atoms with E-state index >= 15 is 0 Å². The Kier molecular flexibility index (Phi) is 5.53. The van der Waals surface area contributed by atoms with Crippen LogP contribution in [0.3, 0.4) is 0 Å². The van der Waals surface area contributed by atoms with E-state index in [1.165, 1.54) is 18.2 Å². The molecule has 0 unspecified atom stereocenters. The molecule has 7 nitrogen and oxygen atoms in total. The van der Waals surface area contributed by atoms with Crippen molar-refractivity contribution in [1.29, 1.82) is 0 Å². The van der Waals surface area contributed by atoms with Gasteiger partial charge in [-0.3, -0.25) is 10.1 Å². The van der Waals surface area contributed by atoms with E-state index in [1.807, 2.05) is 6.92 Å². The molecule has 128 valence electrons. The van der Waals surface area contributed by atoms with E-state index in [1.54, 1.807) is 31.4 Å². The van der Waals surface area contributed by atoms with Crippen molar-refractivity contribution in [2.75, 3.05) is 7.11 Å². The maximum absolute atomic E-state index is 12.5. The van der Waals surface area contributed by atoms with Crippen LogP contribution in [0.5, 0.6) is 5.75 Å². The summed E-state index contributed by atoms with van der Waals surface area (Å²) in [7, 11) is -2.32. The second kappa shape index (κ2) is 7.41. The number of rotatable bonds is 7. The van der Waals surface area contributed by atoms with Gasteiger partial charge in [-0.15, -0.1) is 0 Å².